The Hall–Kier alpha value is -2.68. The summed E-state index contributed by atoms with van der Waals surface area (Å²) in [5, 5.41) is 0. The summed E-state index contributed by atoms with van der Waals surface area (Å²) >= 11 is 0. The van der Waals surface area contributed by atoms with E-state index >= 15 is 0 Å². The van der Waals surface area contributed by atoms with Crippen LogP contribution in [0.5, 0.6) is 5.75 Å². The third-order valence-electron chi connectivity index (χ3n) is 3.37. The summed E-state index contributed by atoms with van der Waals surface area (Å²) in [7, 11) is 0. The molecule has 0 aliphatic rings. The first-order valence-electron chi connectivity index (χ1n) is 6.95. The Labute approximate surface area is 127 Å². The Balaban J connectivity index is 1.74. The van der Waals surface area contributed by atoms with Crippen LogP contribution < -0.4 is 4.74 Å². The first-order chi connectivity index (χ1) is 10.7. The lowest BCUT2D eigenvalue weighted by atomic mass is 10.0. The lowest BCUT2D eigenvalue weighted by Crippen LogP contribution is -1.95. The van der Waals surface area contributed by atoms with Gasteiger partial charge in [-0.05, 0) is 29.3 Å². The fourth-order valence-corrected chi connectivity index (χ4v) is 2.20. The maximum Gasteiger partial charge on any atom is 0.166 e. The molecule has 3 aromatic carbocycles. The minimum Gasteiger partial charge on any atom is -0.489 e. The van der Waals surface area contributed by atoms with Gasteiger partial charge in [0.1, 0.15) is 12.4 Å². The van der Waals surface area contributed by atoms with Gasteiger partial charge in [-0.15, -0.1) is 0 Å². The Morgan fingerprint density at radius 3 is 2.18 bits per heavy atom. The molecule has 0 N–H and O–H groups in total. The van der Waals surface area contributed by atoms with E-state index in [1.54, 1.807) is 30.3 Å². The molecule has 0 aliphatic heterocycles. The summed E-state index contributed by atoms with van der Waals surface area (Å²) in [6.45, 7) is 0.467. The van der Waals surface area contributed by atoms with Gasteiger partial charge in [-0.2, -0.15) is 0 Å². The van der Waals surface area contributed by atoms with Crippen LogP contribution in [-0.4, -0.2) is 0 Å². The van der Waals surface area contributed by atoms with Gasteiger partial charge < -0.3 is 4.74 Å². The molecule has 0 fully saturated rings. The van der Waals surface area contributed by atoms with Crippen molar-refractivity contribution in [3.8, 4) is 16.9 Å². The second kappa shape index (κ2) is 6.39. The van der Waals surface area contributed by atoms with Crippen molar-refractivity contribution in [1.29, 1.82) is 0 Å². The molecule has 0 spiro atoms. The standard InChI is InChI=1S/C19H14F2O/c20-18-8-4-7-17(19(18)21)15-9-11-16(12-10-15)22-13-14-5-2-1-3-6-14/h1-12H,13H2. The van der Waals surface area contributed by atoms with E-state index in [1.165, 1.54) is 6.07 Å². The van der Waals surface area contributed by atoms with E-state index in [0.717, 1.165) is 11.6 Å². The van der Waals surface area contributed by atoms with Gasteiger partial charge in [0.25, 0.3) is 0 Å². The number of hydrogen-bond acceptors (Lipinski definition) is 1. The zero-order chi connectivity index (χ0) is 15.4. The molecule has 22 heavy (non-hydrogen) atoms. The van der Waals surface area contributed by atoms with Crippen molar-refractivity contribution in [2.24, 2.45) is 0 Å². The van der Waals surface area contributed by atoms with Crippen molar-refractivity contribution >= 4 is 0 Å². The summed E-state index contributed by atoms with van der Waals surface area (Å²) in [4.78, 5) is 0. The van der Waals surface area contributed by atoms with Crippen molar-refractivity contribution in [3.63, 3.8) is 0 Å². The van der Waals surface area contributed by atoms with Crippen LogP contribution in [0.25, 0.3) is 11.1 Å². The summed E-state index contributed by atoms with van der Waals surface area (Å²) in [6, 6.07) is 20.9. The normalized spacial score (nSPS) is 10.5. The van der Waals surface area contributed by atoms with Crippen molar-refractivity contribution < 1.29 is 13.5 Å². The molecule has 0 unspecified atom stereocenters. The van der Waals surface area contributed by atoms with Gasteiger partial charge in [0, 0.05) is 5.56 Å². The summed E-state index contributed by atoms with van der Waals surface area (Å²) in [5.41, 5.74) is 1.93. The SMILES string of the molecule is Fc1cccc(-c2ccc(OCc3ccccc3)cc2)c1F. The van der Waals surface area contributed by atoms with Crippen LogP contribution >= 0.6 is 0 Å². The molecule has 0 saturated carbocycles. The fraction of sp³-hybridized carbons (Fsp3) is 0.0526. The van der Waals surface area contributed by atoms with E-state index in [1.807, 2.05) is 30.3 Å². The second-order valence-electron chi connectivity index (χ2n) is 4.90. The third kappa shape index (κ3) is 3.14. The van der Waals surface area contributed by atoms with E-state index in [2.05, 4.69) is 0 Å². The number of hydrogen-bond donors (Lipinski definition) is 0. The highest BCUT2D eigenvalue weighted by Crippen LogP contribution is 2.26. The van der Waals surface area contributed by atoms with E-state index in [-0.39, 0.29) is 5.56 Å². The van der Waals surface area contributed by atoms with Crippen LogP contribution in [0.3, 0.4) is 0 Å². The quantitative estimate of drug-likeness (QED) is 0.642. The van der Waals surface area contributed by atoms with Gasteiger partial charge in [0.2, 0.25) is 0 Å². The van der Waals surface area contributed by atoms with Crippen molar-refractivity contribution in [3.05, 3.63) is 90.0 Å². The van der Waals surface area contributed by atoms with Crippen LogP contribution in [0.4, 0.5) is 8.78 Å². The molecule has 0 saturated heterocycles. The molecule has 0 atom stereocenters. The van der Waals surface area contributed by atoms with Gasteiger partial charge in [-0.25, -0.2) is 8.78 Å². The minimum atomic E-state index is -0.845. The second-order valence-corrected chi connectivity index (χ2v) is 4.90. The van der Waals surface area contributed by atoms with Gasteiger partial charge >= 0.3 is 0 Å². The predicted molar refractivity (Wildman–Crippen MR) is 82.6 cm³/mol. The number of benzene rings is 3. The lowest BCUT2D eigenvalue weighted by molar-refractivity contribution is 0.306. The van der Waals surface area contributed by atoms with E-state index in [9.17, 15) is 8.78 Å². The predicted octanol–water partition coefficient (Wildman–Crippen LogP) is 5.21. The number of ether oxygens (including phenoxy) is 1. The highest BCUT2D eigenvalue weighted by molar-refractivity contribution is 5.64. The Morgan fingerprint density at radius 2 is 1.45 bits per heavy atom. The number of halogens is 2. The van der Waals surface area contributed by atoms with E-state index in [4.69, 9.17) is 4.74 Å². The first-order valence-corrected chi connectivity index (χ1v) is 6.95. The highest BCUT2D eigenvalue weighted by atomic mass is 19.2. The third-order valence-corrected chi connectivity index (χ3v) is 3.37. The maximum atomic E-state index is 13.8. The molecule has 0 amide bonds. The minimum absolute atomic E-state index is 0.245. The maximum absolute atomic E-state index is 13.8. The summed E-state index contributed by atoms with van der Waals surface area (Å²) in [5.74, 6) is -0.994. The molecule has 3 rings (SSSR count). The number of rotatable bonds is 4. The van der Waals surface area contributed by atoms with Crippen LogP contribution in [0.2, 0.25) is 0 Å². The fourth-order valence-electron chi connectivity index (χ4n) is 2.20. The molecule has 0 aromatic heterocycles. The highest BCUT2D eigenvalue weighted by Gasteiger charge is 2.09. The molecular weight excluding hydrogens is 282 g/mol. The van der Waals surface area contributed by atoms with Crippen molar-refractivity contribution in [1.82, 2.24) is 0 Å². The first kappa shape index (κ1) is 14.3. The van der Waals surface area contributed by atoms with Crippen molar-refractivity contribution in [2.45, 2.75) is 6.61 Å². The molecular formula is C19H14F2O. The van der Waals surface area contributed by atoms with Crippen LogP contribution in [0.15, 0.2) is 72.8 Å². The summed E-state index contributed by atoms with van der Waals surface area (Å²) < 4.78 is 32.7. The van der Waals surface area contributed by atoms with Gasteiger partial charge in [0.15, 0.2) is 11.6 Å². The molecule has 1 nitrogen and oxygen atoms in total. The Kier molecular flexibility index (Phi) is 4.15. The van der Waals surface area contributed by atoms with Crippen molar-refractivity contribution in [2.75, 3.05) is 0 Å². The molecule has 0 bridgehead atoms. The molecule has 3 heteroatoms. The van der Waals surface area contributed by atoms with E-state index < -0.39 is 11.6 Å². The van der Waals surface area contributed by atoms with Crippen LogP contribution in [0.1, 0.15) is 5.56 Å². The molecule has 110 valence electrons. The monoisotopic (exact) mass is 296 g/mol. The van der Waals surface area contributed by atoms with E-state index in [0.29, 0.717) is 17.9 Å². The zero-order valence-electron chi connectivity index (χ0n) is 11.8. The molecule has 0 heterocycles. The zero-order valence-corrected chi connectivity index (χ0v) is 11.8. The topological polar surface area (TPSA) is 9.23 Å². The average molecular weight is 296 g/mol. The largest absolute Gasteiger partial charge is 0.489 e. The Bertz CT molecular complexity index is 752. The molecule has 3 aromatic rings. The molecule has 0 radical (unpaired) electrons. The summed E-state index contributed by atoms with van der Waals surface area (Å²) in [6.07, 6.45) is 0. The average Bonchev–Trinajstić information content (AvgIpc) is 2.57. The van der Waals surface area contributed by atoms with Crippen LogP contribution in [-0.2, 0) is 6.61 Å². The smallest absolute Gasteiger partial charge is 0.166 e. The Morgan fingerprint density at radius 1 is 0.727 bits per heavy atom. The van der Waals surface area contributed by atoms with Gasteiger partial charge in [-0.1, -0.05) is 54.6 Å². The van der Waals surface area contributed by atoms with Gasteiger partial charge in [-0.3, -0.25) is 0 Å². The van der Waals surface area contributed by atoms with Crippen LogP contribution in [0, 0.1) is 11.6 Å². The van der Waals surface area contributed by atoms with Gasteiger partial charge in [0.05, 0.1) is 0 Å². The lowest BCUT2D eigenvalue weighted by Gasteiger charge is -2.08. The molecule has 0 aliphatic carbocycles.